The second-order valence-corrected chi connectivity index (χ2v) is 4.08. The van der Waals surface area contributed by atoms with Gasteiger partial charge in [-0.25, -0.2) is 0 Å². The van der Waals surface area contributed by atoms with E-state index in [1.54, 1.807) is 0 Å². The van der Waals surface area contributed by atoms with E-state index in [0.29, 0.717) is 18.6 Å². The molecule has 1 N–H and O–H groups in total. The van der Waals surface area contributed by atoms with E-state index in [2.05, 4.69) is 0 Å². The molecule has 3 heteroatoms. The summed E-state index contributed by atoms with van der Waals surface area (Å²) in [5.74, 6) is 0.351. The Kier molecular flexibility index (Phi) is 3.19. The molecule has 13 heavy (non-hydrogen) atoms. The van der Waals surface area contributed by atoms with Gasteiger partial charge in [0.25, 0.3) is 0 Å². The lowest BCUT2D eigenvalue weighted by atomic mass is 9.97. The fourth-order valence-corrected chi connectivity index (χ4v) is 2.14. The Morgan fingerprint density at radius 3 is 2.77 bits per heavy atom. The third-order valence-corrected chi connectivity index (χ3v) is 3.05. The standard InChI is InChI=1S/C10H18O3/c11-10-7-12-6-8(10)3-4-9-2-1-5-13-9/h8-11H,1-7H2/t8-,9?,10-/m1/s1. The molecule has 2 aliphatic rings. The molecule has 3 nitrogen and oxygen atoms in total. The van der Waals surface area contributed by atoms with E-state index in [-0.39, 0.29) is 6.10 Å². The topological polar surface area (TPSA) is 38.7 Å². The van der Waals surface area contributed by atoms with Crippen LogP contribution in [0.4, 0.5) is 0 Å². The summed E-state index contributed by atoms with van der Waals surface area (Å²) in [6, 6.07) is 0. The van der Waals surface area contributed by atoms with Gasteiger partial charge in [-0.3, -0.25) is 0 Å². The Bertz CT molecular complexity index is 154. The predicted octanol–water partition coefficient (Wildman–Crippen LogP) is 0.953. The zero-order chi connectivity index (χ0) is 9.10. The zero-order valence-electron chi connectivity index (χ0n) is 7.95. The van der Waals surface area contributed by atoms with Gasteiger partial charge >= 0.3 is 0 Å². The number of hydrogen-bond donors (Lipinski definition) is 1. The predicted molar refractivity (Wildman–Crippen MR) is 48.5 cm³/mol. The second-order valence-electron chi connectivity index (χ2n) is 4.08. The first-order valence-electron chi connectivity index (χ1n) is 5.23. The van der Waals surface area contributed by atoms with Crippen molar-refractivity contribution >= 4 is 0 Å². The minimum absolute atomic E-state index is 0.235. The van der Waals surface area contributed by atoms with Gasteiger partial charge in [-0.1, -0.05) is 0 Å². The first kappa shape index (κ1) is 9.44. The quantitative estimate of drug-likeness (QED) is 0.713. The summed E-state index contributed by atoms with van der Waals surface area (Å²) in [6.07, 6.45) is 4.75. The molecule has 0 aromatic heterocycles. The molecule has 3 atom stereocenters. The lowest BCUT2D eigenvalue weighted by molar-refractivity contribution is 0.0853. The second kappa shape index (κ2) is 4.40. The molecular weight excluding hydrogens is 168 g/mol. The number of aliphatic hydroxyl groups excluding tert-OH is 1. The molecule has 76 valence electrons. The molecule has 0 amide bonds. The van der Waals surface area contributed by atoms with Crippen LogP contribution in [0.5, 0.6) is 0 Å². The Hall–Kier alpha value is -0.120. The fraction of sp³-hybridized carbons (Fsp3) is 1.00. The largest absolute Gasteiger partial charge is 0.390 e. The summed E-state index contributed by atoms with van der Waals surface area (Å²) in [5, 5.41) is 9.50. The van der Waals surface area contributed by atoms with Crippen LogP contribution in [0.1, 0.15) is 25.7 Å². The average Bonchev–Trinajstić information content (AvgIpc) is 2.72. The smallest absolute Gasteiger partial charge is 0.0823 e. The van der Waals surface area contributed by atoms with E-state index in [4.69, 9.17) is 9.47 Å². The van der Waals surface area contributed by atoms with E-state index in [0.717, 1.165) is 26.1 Å². The summed E-state index contributed by atoms with van der Waals surface area (Å²) in [4.78, 5) is 0. The lowest BCUT2D eigenvalue weighted by Crippen LogP contribution is -2.19. The molecule has 1 unspecified atom stereocenters. The van der Waals surface area contributed by atoms with Crippen LogP contribution in [0.3, 0.4) is 0 Å². The van der Waals surface area contributed by atoms with Crippen LogP contribution >= 0.6 is 0 Å². The van der Waals surface area contributed by atoms with Crippen molar-refractivity contribution in [1.82, 2.24) is 0 Å². The number of hydrogen-bond acceptors (Lipinski definition) is 3. The maximum atomic E-state index is 9.50. The fourth-order valence-electron chi connectivity index (χ4n) is 2.14. The highest BCUT2D eigenvalue weighted by atomic mass is 16.5. The van der Waals surface area contributed by atoms with Crippen LogP contribution in [-0.4, -0.2) is 37.1 Å². The van der Waals surface area contributed by atoms with Gasteiger partial charge in [0.05, 0.1) is 25.4 Å². The Morgan fingerprint density at radius 2 is 2.15 bits per heavy atom. The zero-order valence-corrected chi connectivity index (χ0v) is 7.95. The van der Waals surface area contributed by atoms with Crippen LogP contribution in [0.2, 0.25) is 0 Å². The van der Waals surface area contributed by atoms with Crippen LogP contribution in [0, 0.1) is 5.92 Å². The van der Waals surface area contributed by atoms with Gasteiger partial charge in [0.2, 0.25) is 0 Å². The third kappa shape index (κ3) is 2.42. The van der Waals surface area contributed by atoms with Crippen LogP contribution in [0.25, 0.3) is 0 Å². The van der Waals surface area contributed by atoms with Crippen LogP contribution in [-0.2, 0) is 9.47 Å². The summed E-state index contributed by atoms with van der Waals surface area (Å²) in [7, 11) is 0. The molecule has 0 radical (unpaired) electrons. The lowest BCUT2D eigenvalue weighted by Gasteiger charge is -2.14. The van der Waals surface area contributed by atoms with Crippen molar-refractivity contribution in [2.24, 2.45) is 5.92 Å². The summed E-state index contributed by atoms with van der Waals surface area (Å²) < 4.78 is 10.7. The molecular formula is C10H18O3. The maximum Gasteiger partial charge on any atom is 0.0823 e. The Labute approximate surface area is 79.0 Å². The molecule has 2 fully saturated rings. The van der Waals surface area contributed by atoms with Gasteiger partial charge in [0.1, 0.15) is 0 Å². The number of ether oxygens (including phenoxy) is 2. The monoisotopic (exact) mass is 186 g/mol. The molecule has 0 spiro atoms. The summed E-state index contributed by atoms with van der Waals surface area (Å²) in [5.41, 5.74) is 0. The highest BCUT2D eigenvalue weighted by molar-refractivity contribution is 4.76. The molecule has 0 saturated carbocycles. The molecule has 0 aromatic carbocycles. The van der Waals surface area contributed by atoms with Gasteiger partial charge in [0.15, 0.2) is 0 Å². The van der Waals surface area contributed by atoms with Gasteiger partial charge < -0.3 is 14.6 Å². The van der Waals surface area contributed by atoms with E-state index >= 15 is 0 Å². The number of aliphatic hydroxyl groups is 1. The molecule has 0 aliphatic carbocycles. The molecule has 0 aromatic rings. The summed E-state index contributed by atoms with van der Waals surface area (Å²) in [6.45, 7) is 2.18. The molecule has 2 rings (SSSR count). The SMILES string of the molecule is O[C@@H]1COC[C@H]1CCC1CCCO1. The van der Waals surface area contributed by atoms with Crippen molar-refractivity contribution in [2.75, 3.05) is 19.8 Å². The van der Waals surface area contributed by atoms with Gasteiger partial charge in [-0.2, -0.15) is 0 Å². The van der Waals surface area contributed by atoms with Crippen molar-refractivity contribution in [3.05, 3.63) is 0 Å². The first-order chi connectivity index (χ1) is 6.36. The molecule has 0 bridgehead atoms. The highest BCUT2D eigenvalue weighted by Gasteiger charge is 2.27. The first-order valence-corrected chi connectivity index (χ1v) is 5.23. The van der Waals surface area contributed by atoms with E-state index < -0.39 is 0 Å². The minimum Gasteiger partial charge on any atom is -0.390 e. The van der Waals surface area contributed by atoms with Crippen molar-refractivity contribution in [3.8, 4) is 0 Å². The van der Waals surface area contributed by atoms with Crippen molar-refractivity contribution in [2.45, 2.75) is 37.9 Å². The Morgan fingerprint density at radius 1 is 1.23 bits per heavy atom. The maximum absolute atomic E-state index is 9.50. The Balaban J connectivity index is 1.66. The van der Waals surface area contributed by atoms with E-state index in [1.165, 1.54) is 12.8 Å². The minimum atomic E-state index is -0.235. The summed E-state index contributed by atoms with van der Waals surface area (Å²) >= 11 is 0. The molecule has 2 saturated heterocycles. The average molecular weight is 186 g/mol. The van der Waals surface area contributed by atoms with Crippen LogP contribution in [0.15, 0.2) is 0 Å². The van der Waals surface area contributed by atoms with Crippen molar-refractivity contribution < 1.29 is 14.6 Å². The normalized spacial score (nSPS) is 39.9. The van der Waals surface area contributed by atoms with Crippen molar-refractivity contribution in [3.63, 3.8) is 0 Å². The van der Waals surface area contributed by atoms with E-state index in [9.17, 15) is 5.11 Å². The van der Waals surface area contributed by atoms with E-state index in [1.807, 2.05) is 0 Å². The highest BCUT2D eigenvalue weighted by Crippen LogP contribution is 2.24. The van der Waals surface area contributed by atoms with Gasteiger partial charge in [0, 0.05) is 12.5 Å². The molecule has 2 aliphatic heterocycles. The van der Waals surface area contributed by atoms with Gasteiger partial charge in [-0.15, -0.1) is 0 Å². The third-order valence-electron chi connectivity index (χ3n) is 3.05. The van der Waals surface area contributed by atoms with Gasteiger partial charge in [-0.05, 0) is 25.7 Å². The van der Waals surface area contributed by atoms with Crippen LogP contribution < -0.4 is 0 Å². The number of rotatable bonds is 3. The van der Waals surface area contributed by atoms with Crippen molar-refractivity contribution in [1.29, 1.82) is 0 Å². The molecule has 2 heterocycles.